The van der Waals surface area contributed by atoms with E-state index in [4.69, 9.17) is 83.5 Å². The third kappa shape index (κ3) is 10.2. The van der Waals surface area contributed by atoms with Gasteiger partial charge in [-0.1, -0.05) is 0 Å². The Bertz CT molecular complexity index is 1720. The van der Waals surface area contributed by atoms with Crippen molar-refractivity contribution < 1.29 is 0 Å². The molecule has 0 aliphatic carbocycles. The average Bonchev–Trinajstić information content (AvgIpc) is 3.12. The Kier molecular flexibility index (Phi) is 20.3. The molecule has 0 spiro atoms. The molecule has 204 valence electrons. The van der Waals surface area contributed by atoms with Gasteiger partial charge in [-0.3, -0.25) is 0 Å². The van der Waals surface area contributed by atoms with E-state index in [0.29, 0.717) is 0 Å². The minimum absolute atomic E-state index is 0.781. The van der Waals surface area contributed by atoms with Gasteiger partial charge in [0.25, 0.3) is 52.8 Å². The molecule has 49 heavy (non-hydrogen) atoms. The maximum atomic E-state index is 6.24. The van der Waals surface area contributed by atoms with E-state index >= 15 is 0 Å². The molecular weight excluding hydrogens is 572 g/mol. The largest absolute Gasteiger partial charge is 0.267 e. The second-order valence-electron chi connectivity index (χ2n) is 10.6. The van der Waals surface area contributed by atoms with Gasteiger partial charge in [-0.05, 0) is 20.8 Å². The first-order chi connectivity index (χ1) is 23.7. The summed E-state index contributed by atoms with van der Waals surface area (Å²) in [6.07, 6.45) is 73.9. The summed E-state index contributed by atoms with van der Waals surface area (Å²) >= 11 is 0. The molecule has 0 amide bonds. The lowest BCUT2D eigenvalue weighted by molar-refractivity contribution is 1.92. The Morgan fingerprint density at radius 1 is 0.224 bits per heavy atom. The predicted molar refractivity (Wildman–Crippen MR) is 236 cm³/mol. The van der Waals surface area contributed by atoms with Crippen molar-refractivity contribution in [2.45, 2.75) is 20.8 Å². The van der Waals surface area contributed by atoms with Crippen molar-refractivity contribution in [3.05, 3.63) is 0 Å². The second kappa shape index (κ2) is 23.2. The van der Waals surface area contributed by atoms with Crippen LogP contribution in [-0.2, 0) is 0 Å². The molecule has 0 bridgehead atoms. The Morgan fingerprint density at radius 3 is 0.551 bits per heavy atom. The highest BCUT2D eigenvalue weighted by Crippen LogP contribution is 2.20. The molecule has 0 aliphatic rings. The summed E-state index contributed by atoms with van der Waals surface area (Å²) in [5, 5.41) is 0. The summed E-state index contributed by atoms with van der Waals surface area (Å²) in [4.78, 5) is 0. The summed E-state index contributed by atoms with van der Waals surface area (Å²) in [6.45, 7) is -2.83. The minimum atomic E-state index is -1.03. The Hall–Kier alpha value is -6.13. The van der Waals surface area contributed by atoms with E-state index in [1.165, 1.54) is 0 Å². The lowest BCUT2D eigenvalue weighted by Crippen LogP contribution is -2.86. The van der Waals surface area contributed by atoms with Gasteiger partial charge in [0.05, 0.1) is 0 Å². The van der Waals surface area contributed by atoms with E-state index in [9.17, 15) is 0 Å². The van der Waals surface area contributed by atoms with Crippen LogP contribution in [0, 0.1) is 194 Å². The molecule has 0 fully saturated rings. The van der Waals surface area contributed by atoms with Crippen molar-refractivity contribution in [3.8, 4) is 194 Å². The van der Waals surface area contributed by atoms with Crippen molar-refractivity contribution in [2.24, 2.45) is 0 Å². The van der Waals surface area contributed by atoms with E-state index < -0.39 is 91.1 Å². The molecule has 0 aromatic heterocycles. The number of hydrogen-bond donors (Lipinski definition) is 0. The van der Waals surface area contributed by atoms with Gasteiger partial charge in [-0.15, -0.1) is 119 Å². The fraction of sp³-hybridized carbons (Fsp3) is 0.0857. The molecule has 0 aromatic carbocycles. The van der Waals surface area contributed by atoms with Crippen molar-refractivity contribution in [1.82, 2.24) is 0 Å². The molecule has 0 saturated heterocycles. The van der Waals surface area contributed by atoms with Gasteiger partial charge in [-0.25, -0.2) is 0 Å². The second-order valence-corrected chi connectivity index (χ2v) is 10.6. The van der Waals surface area contributed by atoms with Crippen LogP contribution < -0.4 is 0 Å². The maximum Gasteiger partial charge on any atom is 0.267 e. The van der Waals surface area contributed by atoms with Gasteiger partial charge >= 0.3 is 0 Å². The molecule has 0 atom stereocenters. The summed E-state index contributed by atoms with van der Waals surface area (Å²) < 4.78 is 0. The van der Waals surface area contributed by atoms with Gasteiger partial charge < -0.3 is 0 Å². The van der Waals surface area contributed by atoms with Crippen LogP contribution in [0.5, 0.6) is 0 Å². The summed E-state index contributed by atoms with van der Waals surface area (Å²) in [7, 11) is 0. The van der Waals surface area contributed by atoms with Crippen LogP contribution >= 0.6 is 0 Å². The van der Waals surface area contributed by atoms with Crippen molar-refractivity contribution >= 4 is 91.1 Å². The minimum Gasteiger partial charge on any atom is -0.152 e. The SMILES string of the molecule is C#CB(C#C)B(B(C#C)C#C)B(B(B(C#C)C#C)B(C#C)C#C)B(B(B(C#C)C#C)B(C#C)C#C)B(B(C#C)C#CC)B(C#CC)C#CC. The topological polar surface area (TPSA) is 0 Å². The first kappa shape index (κ1) is 42.9. The van der Waals surface area contributed by atoms with Crippen LogP contribution in [0.4, 0.5) is 0 Å². The van der Waals surface area contributed by atoms with E-state index in [1.807, 2.05) is 0 Å². The zero-order valence-electron chi connectivity index (χ0n) is 28.1. The van der Waals surface area contributed by atoms with Crippen LogP contribution in [-0.4, -0.2) is 91.1 Å². The highest BCUT2D eigenvalue weighted by atomic mass is 13.6. The van der Waals surface area contributed by atoms with Crippen LogP contribution in [0.15, 0.2) is 0 Å². The molecule has 0 heterocycles. The summed E-state index contributed by atoms with van der Waals surface area (Å²) in [5.74, 6) is 53.1. The third-order valence-electron chi connectivity index (χ3n) is 8.54. The Labute approximate surface area is 304 Å². The van der Waals surface area contributed by atoms with Crippen molar-refractivity contribution in [2.75, 3.05) is 0 Å². The molecule has 0 radical (unpaired) electrons. The lowest BCUT2D eigenvalue weighted by Gasteiger charge is -2.42. The quantitative estimate of drug-likeness (QED) is 0.169. The van der Waals surface area contributed by atoms with Crippen LogP contribution in [0.25, 0.3) is 0 Å². The lowest BCUT2D eigenvalue weighted by atomic mass is 8.37. The molecule has 0 nitrogen and oxygen atoms in total. The zero-order chi connectivity index (χ0) is 37.5. The van der Waals surface area contributed by atoms with E-state index in [-0.39, 0.29) is 0 Å². The number of terminal acetylenes is 13. The molecule has 0 unspecified atom stereocenters. The normalized spacial score (nSPS) is 7.14. The van der Waals surface area contributed by atoms with Gasteiger partial charge in [0, 0.05) is 12.8 Å². The number of hydrogen-bond acceptors (Lipinski definition) is 0. The smallest absolute Gasteiger partial charge is 0.152 e. The monoisotopic (exact) mass is 596 g/mol. The van der Waals surface area contributed by atoms with Crippen LogP contribution in [0.2, 0.25) is 0 Å². The highest BCUT2D eigenvalue weighted by molar-refractivity contribution is 8.19. The van der Waals surface area contributed by atoms with Crippen LogP contribution in [0.3, 0.4) is 0 Å². The van der Waals surface area contributed by atoms with E-state index in [2.05, 4.69) is 111 Å². The highest BCUT2D eigenvalue weighted by Gasteiger charge is 2.63. The van der Waals surface area contributed by atoms with E-state index in [1.54, 1.807) is 20.8 Å². The van der Waals surface area contributed by atoms with Gasteiger partial charge in [0.1, 0.15) is 25.5 Å². The summed E-state index contributed by atoms with van der Waals surface area (Å²) in [6, 6.07) is 0. The molecular formula is C35H22B14. The molecule has 0 rings (SSSR count). The van der Waals surface area contributed by atoms with Crippen molar-refractivity contribution in [1.29, 1.82) is 0 Å². The zero-order valence-corrected chi connectivity index (χ0v) is 28.1. The van der Waals surface area contributed by atoms with Crippen LogP contribution in [0.1, 0.15) is 20.8 Å². The average molecular weight is 594 g/mol. The molecule has 14 heteroatoms. The number of rotatable bonds is 13. The Balaban J connectivity index is 9.76. The van der Waals surface area contributed by atoms with E-state index in [0.717, 1.165) is 0 Å². The van der Waals surface area contributed by atoms with Gasteiger partial charge in [0.15, 0.2) is 0 Å². The van der Waals surface area contributed by atoms with Crippen molar-refractivity contribution in [3.63, 3.8) is 0 Å². The standard InChI is InChI=1S/C35H22B14/c1-17-33-42(32-16)47(43(34-18-2)35-19-3)49(46(40(28-12)29-13)41(30-14)31-15)48(44(36(20-4)21-5)37(22-6)23-7)45(38(24-8)25-9)39(26-10)27-11/h4-16H,1-3H3. The summed E-state index contributed by atoms with van der Waals surface area (Å²) in [5.41, 5.74) is 0. The van der Waals surface area contributed by atoms with Gasteiger partial charge in [0.2, 0.25) is 0 Å². The predicted octanol–water partition coefficient (Wildman–Crippen LogP) is -2.14. The maximum absolute atomic E-state index is 6.24. The third-order valence-corrected chi connectivity index (χ3v) is 8.54. The molecule has 0 aliphatic heterocycles. The first-order valence-electron chi connectivity index (χ1n) is 15.0. The molecule has 0 N–H and O–H groups in total. The Morgan fingerprint density at radius 2 is 0.388 bits per heavy atom. The van der Waals surface area contributed by atoms with Gasteiger partial charge in [-0.2, -0.15) is 75.7 Å². The first-order valence-corrected chi connectivity index (χ1v) is 15.0. The fourth-order valence-electron chi connectivity index (χ4n) is 6.65. The molecule has 0 saturated carbocycles. The fourth-order valence-corrected chi connectivity index (χ4v) is 6.65. The molecule has 0 aromatic rings.